The monoisotopic (exact) mass is 411 g/mol. The highest BCUT2D eigenvalue weighted by Crippen LogP contribution is 2.25. The van der Waals surface area contributed by atoms with Crippen LogP contribution in [-0.2, 0) is 4.79 Å². The van der Waals surface area contributed by atoms with Gasteiger partial charge in [0.1, 0.15) is 0 Å². The number of Topliss-reactive ketones (excluding diaryl/α,β-unsaturated/α-hetero) is 1. The molecule has 0 fully saturated rings. The van der Waals surface area contributed by atoms with E-state index in [4.69, 9.17) is 0 Å². The van der Waals surface area contributed by atoms with Gasteiger partial charge in [0, 0.05) is 28.4 Å². The van der Waals surface area contributed by atoms with Crippen molar-refractivity contribution in [1.82, 2.24) is 10.3 Å². The van der Waals surface area contributed by atoms with Crippen molar-refractivity contribution in [2.24, 2.45) is 0 Å². The second-order valence-electron chi connectivity index (χ2n) is 7.65. The molecular weight excluding hydrogens is 386 g/mol. The van der Waals surface area contributed by atoms with Crippen LogP contribution in [0.5, 0.6) is 0 Å². The number of fused-ring (bicyclic) bond motifs is 1. The van der Waals surface area contributed by atoms with Crippen molar-refractivity contribution in [3.8, 4) is 0 Å². The van der Waals surface area contributed by atoms with Gasteiger partial charge in [-0.25, -0.2) is 0 Å². The van der Waals surface area contributed by atoms with Gasteiger partial charge in [-0.15, -0.1) is 0 Å². The van der Waals surface area contributed by atoms with Crippen LogP contribution in [0.15, 0.2) is 79.0 Å². The highest BCUT2D eigenvalue weighted by molar-refractivity contribution is 6.10. The van der Waals surface area contributed by atoms with Gasteiger partial charge in [-0.05, 0) is 36.6 Å². The van der Waals surface area contributed by atoms with E-state index in [9.17, 15) is 9.59 Å². The van der Waals surface area contributed by atoms with Gasteiger partial charge in [0.25, 0.3) is 0 Å². The standard InChI is InChI=1S/C26H25N3O2/c1-17-9-8-10-18(2)24(17)29-23(30)16-28-25(19-11-4-3-5-12-19)26(31)21-15-27-22-14-7-6-13-20(21)22/h3-15,25,27-28H,16H2,1-2H3,(H,29,30)/t25-/m1/s1. The molecule has 31 heavy (non-hydrogen) atoms. The van der Waals surface area contributed by atoms with Crippen LogP contribution in [0.2, 0.25) is 0 Å². The number of rotatable bonds is 7. The maximum atomic E-state index is 13.5. The van der Waals surface area contributed by atoms with Gasteiger partial charge in [0.2, 0.25) is 5.91 Å². The first-order valence-corrected chi connectivity index (χ1v) is 10.3. The second kappa shape index (κ2) is 8.98. The molecule has 1 heterocycles. The molecule has 0 bridgehead atoms. The van der Waals surface area contributed by atoms with Crippen LogP contribution in [0, 0.1) is 13.8 Å². The summed E-state index contributed by atoms with van der Waals surface area (Å²) in [6.07, 6.45) is 1.74. The van der Waals surface area contributed by atoms with Crippen LogP contribution < -0.4 is 10.6 Å². The molecule has 0 unspecified atom stereocenters. The molecule has 0 aliphatic carbocycles. The number of hydrogen-bond acceptors (Lipinski definition) is 3. The van der Waals surface area contributed by atoms with E-state index in [0.29, 0.717) is 5.56 Å². The minimum absolute atomic E-state index is 0.0153. The number of aryl methyl sites for hydroxylation is 2. The first-order valence-electron chi connectivity index (χ1n) is 10.3. The summed E-state index contributed by atoms with van der Waals surface area (Å²) in [5.74, 6) is -0.270. The molecule has 0 aliphatic rings. The number of nitrogens with one attached hydrogen (secondary N) is 3. The van der Waals surface area contributed by atoms with Gasteiger partial charge in [-0.1, -0.05) is 66.7 Å². The van der Waals surface area contributed by atoms with E-state index in [1.807, 2.05) is 86.6 Å². The SMILES string of the molecule is Cc1cccc(C)c1NC(=O)CN[C@@H](C(=O)c1c[nH]c2ccccc12)c1ccccc1. The average molecular weight is 412 g/mol. The Kier molecular flexibility index (Phi) is 5.96. The number of carbonyl (C=O) groups excluding carboxylic acids is 2. The molecule has 1 atom stereocenters. The minimum atomic E-state index is -0.635. The summed E-state index contributed by atoms with van der Waals surface area (Å²) in [6, 6.07) is 22.4. The van der Waals surface area contributed by atoms with E-state index in [1.54, 1.807) is 6.20 Å². The summed E-state index contributed by atoms with van der Waals surface area (Å²) >= 11 is 0. The lowest BCUT2D eigenvalue weighted by molar-refractivity contribution is -0.115. The van der Waals surface area contributed by atoms with Gasteiger partial charge in [0.15, 0.2) is 5.78 Å². The molecule has 5 nitrogen and oxygen atoms in total. The highest BCUT2D eigenvalue weighted by Gasteiger charge is 2.24. The topological polar surface area (TPSA) is 74.0 Å². The molecular formula is C26H25N3O2. The fourth-order valence-corrected chi connectivity index (χ4v) is 3.83. The largest absolute Gasteiger partial charge is 0.360 e. The zero-order chi connectivity index (χ0) is 21.8. The van der Waals surface area contributed by atoms with Crippen molar-refractivity contribution in [1.29, 1.82) is 0 Å². The predicted molar refractivity (Wildman–Crippen MR) is 124 cm³/mol. The molecule has 1 amide bonds. The van der Waals surface area contributed by atoms with Gasteiger partial charge >= 0.3 is 0 Å². The summed E-state index contributed by atoms with van der Waals surface area (Å²) in [5.41, 5.74) is 5.15. The molecule has 0 spiro atoms. The lowest BCUT2D eigenvalue weighted by Gasteiger charge is -2.18. The molecule has 3 aromatic carbocycles. The van der Waals surface area contributed by atoms with E-state index in [1.165, 1.54) is 0 Å². The molecule has 0 aliphatic heterocycles. The number of amides is 1. The third kappa shape index (κ3) is 4.42. The maximum absolute atomic E-state index is 13.5. The quantitative estimate of drug-likeness (QED) is 0.377. The van der Waals surface area contributed by atoms with E-state index < -0.39 is 6.04 Å². The van der Waals surface area contributed by atoms with Crippen molar-refractivity contribution in [2.45, 2.75) is 19.9 Å². The maximum Gasteiger partial charge on any atom is 0.238 e. The van der Waals surface area contributed by atoms with Crippen molar-refractivity contribution in [2.75, 3.05) is 11.9 Å². The Morgan fingerprint density at radius 2 is 1.55 bits per heavy atom. The number of para-hydroxylation sites is 2. The second-order valence-corrected chi connectivity index (χ2v) is 7.65. The van der Waals surface area contributed by atoms with Crippen LogP contribution >= 0.6 is 0 Å². The number of aromatic nitrogens is 1. The number of hydrogen-bond donors (Lipinski definition) is 3. The van der Waals surface area contributed by atoms with Crippen LogP contribution in [0.25, 0.3) is 10.9 Å². The first kappa shape index (κ1) is 20.6. The molecule has 156 valence electrons. The average Bonchev–Trinajstić information content (AvgIpc) is 3.21. The number of aromatic amines is 1. The molecule has 4 aromatic rings. The van der Waals surface area contributed by atoms with E-state index >= 15 is 0 Å². The van der Waals surface area contributed by atoms with Gasteiger partial charge in [-0.2, -0.15) is 0 Å². The number of H-pyrrole nitrogens is 1. The smallest absolute Gasteiger partial charge is 0.238 e. The van der Waals surface area contributed by atoms with Crippen molar-refractivity contribution < 1.29 is 9.59 Å². The minimum Gasteiger partial charge on any atom is -0.360 e. The van der Waals surface area contributed by atoms with Crippen molar-refractivity contribution in [3.05, 3.63) is 101 Å². The van der Waals surface area contributed by atoms with Crippen molar-refractivity contribution >= 4 is 28.3 Å². The molecule has 5 heteroatoms. The summed E-state index contributed by atoms with van der Waals surface area (Å²) in [4.78, 5) is 29.3. The van der Waals surface area contributed by atoms with Gasteiger partial charge in [-0.3, -0.25) is 14.9 Å². The zero-order valence-electron chi connectivity index (χ0n) is 17.6. The molecule has 1 aromatic heterocycles. The predicted octanol–water partition coefficient (Wildman–Crippen LogP) is 4.94. The highest BCUT2D eigenvalue weighted by atomic mass is 16.2. The van der Waals surface area contributed by atoms with E-state index in [-0.39, 0.29) is 18.2 Å². The Balaban J connectivity index is 1.56. The summed E-state index contributed by atoms with van der Waals surface area (Å²) in [5, 5.41) is 7.01. The van der Waals surface area contributed by atoms with E-state index in [0.717, 1.165) is 33.3 Å². The first-order chi connectivity index (χ1) is 15.0. The van der Waals surface area contributed by atoms with Crippen LogP contribution in [0.3, 0.4) is 0 Å². The molecule has 4 rings (SSSR count). The normalized spacial score (nSPS) is 11.9. The Bertz CT molecular complexity index is 1210. The number of anilines is 1. The van der Waals surface area contributed by atoms with Crippen LogP contribution in [0.4, 0.5) is 5.69 Å². The van der Waals surface area contributed by atoms with Gasteiger partial charge < -0.3 is 10.3 Å². The molecule has 0 radical (unpaired) electrons. The Labute approximate surface area is 181 Å². The number of benzene rings is 3. The number of ketones is 1. The summed E-state index contributed by atoms with van der Waals surface area (Å²) in [6.45, 7) is 3.94. The van der Waals surface area contributed by atoms with Gasteiger partial charge in [0.05, 0.1) is 12.6 Å². The third-order valence-corrected chi connectivity index (χ3v) is 5.46. The zero-order valence-corrected chi connectivity index (χ0v) is 17.6. The van der Waals surface area contributed by atoms with E-state index in [2.05, 4.69) is 15.6 Å². The fraction of sp³-hybridized carbons (Fsp3) is 0.154. The molecule has 0 saturated carbocycles. The summed E-state index contributed by atoms with van der Waals surface area (Å²) < 4.78 is 0. The Morgan fingerprint density at radius 3 is 2.29 bits per heavy atom. The fourth-order valence-electron chi connectivity index (χ4n) is 3.83. The lowest BCUT2D eigenvalue weighted by atomic mass is 9.97. The van der Waals surface area contributed by atoms with Crippen molar-refractivity contribution in [3.63, 3.8) is 0 Å². The third-order valence-electron chi connectivity index (χ3n) is 5.46. The Hall–Kier alpha value is -3.70. The van der Waals surface area contributed by atoms with Crippen LogP contribution in [-0.4, -0.2) is 23.2 Å². The van der Waals surface area contributed by atoms with Crippen LogP contribution in [0.1, 0.15) is 33.1 Å². The summed E-state index contributed by atoms with van der Waals surface area (Å²) in [7, 11) is 0. The Morgan fingerprint density at radius 1 is 0.871 bits per heavy atom. The number of carbonyl (C=O) groups is 2. The molecule has 3 N–H and O–H groups in total. The molecule has 0 saturated heterocycles. The lowest BCUT2D eigenvalue weighted by Crippen LogP contribution is -2.35.